The number of allylic oxidation sites excluding steroid dienone is 1. The second kappa shape index (κ2) is 12.8. The van der Waals surface area contributed by atoms with Crippen LogP contribution in [0.15, 0.2) is 71.1 Å². The maximum atomic E-state index is 13.2. The summed E-state index contributed by atoms with van der Waals surface area (Å²) in [4.78, 5) is 49.3. The van der Waals surface area contributed by atoms with Crippen molar-refractivity contribution in [2.24, 2.45) is 0 Å². The Hall–Kier alpha value is -4.32. The molecule has 2 aromatic carbocycles. The molecule has 1 heterocycles. The molecule has 0 radical (unpaired) electrons. The summed E-state index contributed by atoms with van der Waals surface area (Å²) >= 11 is 1.32. The number of dihydropyridines is 1. The van der Waals surface area contributed by atoms with Crippen molar-refractivity contribution in [1.29, 1.82) is 0 Å². The summed E-state index contributed by atoms with van der Waals surface area (Å²) in [5.41, 5.74) is 8.00. The number of nitrogen functional groups attached to an aromatic ring is 1. The van der Waals surface area contributed by atoms with Crippen LogP contribution in [0.1, 0.15) is 35.7 Å². The third kappa shape index (κ3) is 6.51. The van der Waals surface area contributed by atoms with Crippen LogP contribution < -0.4 is 16.4 Å². The van der Waals surface area contributed by atoms with E-state index in [4.69, 9.17) is 15.2 Å². The largest absolute Gasteiger partial charge is 0.466 e. The summed E-state index contributed by atoms with van der Waals surface area (Å²) in [6, 6.07) is 12.2. The van der Waals surface area contributed by atoms with E-state index in [2.05, 4.69) is 10.6 Å². The highest BCUT2D eigenvalue weighted by Crippen LogP contribution is 2.40. The number of nitrogens with one attached hydrogen (secondary N) is 2. The fraction of sp³-hybridized carbons (Fsp3) is 0.269. The van der Waals surface area contributed by atoms with E-state index in [1.165, 1.54) is 37.1 Å². The quantitative estimate of drug-likeness (QED) is 0.102. The van der Waals surface area contributed by atoms with Gasteiger partial charge in [-0.15, -0.1) is 11.8 Å². The number of amides is 1. The fourth-order valence-electron chi connectivity index (χ4n) is 4.00. The Labute approximate surface area is 223 Å². The van der Waals surface area contributed by atoms with Gasteiger partial charge >= 0.3 is 11.9 Å². The van der Waals surface area contributed by atoms with E-state index in [1.807, 2.05) is 0 Å². The van der Waals surface area contributed by atoms with E-state index < -0.39 is 22.8 Å². The molecule has 0 aliphatic carbocycles. The Balaban J connectivity index is 1.94. The molecule has 1 unspecified atom stereocenters. The van der Waals surface area contributed by atoms with Gasteiger partial charge in [0, 0.05) is 40.5 Å². The molecular weight excluding hydrogens is 512 g/mol. The average Bonchev–Trinajstić information content (AvgIpc) is 2.90. The summed E-state index contributed by atoms with van der Waals surface area (Å²) in [7, 11) is 1.22. The summed E-state index contributed by atoms with van der Waals surface area (Å²) in [5.74, 6) is -2.15. The van der Waals surface area contributed by atoms with Crippen LogP contribution in [-0.2, 0) is 19.1 Å². The van der Waals surface area contributed by atoms with Crippen LogP contribution in [0.5, 0.6) is 0 Å². The van der Waals surface area contributed by atoms with Gasteiger partial charge in [-0.1, -0.05) is 12.1 Å². The number of benzene rings is 2. The first-order valence-electron chi connectivity index (χ1n) is 11.6. The molecule has 3 rings (SSSR count). The molecule has 200 valence electrons. The van der Waals surface area contributed by atoms with Crippen molar-refractivity contribution >= 4 is 41.0 Å². The van der Waals surface area contributed by atoms with E-state index in [0.29, 0.717) is 28.2 Å². The lowest BCUT2D eigenvalue weighted by molar-refractivity contribution is -0.384. The maximum absolute atomic E-state index is 13.2. The highest BCUT2D eigenvalue weighted by Gasteiger charge is 2.39. The van der Waals surface area contributed by atoms with Crippen molar-refractivity contribution in [3.63, 3.8) is 0 Å². The van der Waals surface area contributed by atoms with Gasteiger partial charge < -0.3 is 25.8 Å². The average molecular weight is 541 g/mol. The number of nitrogens with zero attached hydrogens (tertiary/aromatic N) is 1. The molecule has 4 N–H and O–H groups in total. The molecule has 12 heteroatoms. The van der Waals surface area contributed by atoms with Gasteiger partial charge in [-0.25, -0.2) is 9.59 Å². The van der Waals surface area contributed by atoms with Gasteiger partial charge in [0.2, 0.25) is 0 Å². The van der Waals surface area contributed by atoms with Crippen molar-refractivity contribution in [2.75, 3.05) is 31.1 Å². The summed E-state index contributed by atoms with van der Waals surface area (Å²) in [5, 5.41) is 17.3. The molecule has 0 spiro atoms. The summed E-state index contributed by atoms with van der Waals surface area (Å²) < 4.78 is 10.3. The van der Waals surface area contributed by atoms with E-state index >= 15 is 0 Å². The number of hydrogen-bond acceptors (Lipinski definition) is 10. The lowest BCUT2D eigenvalue weighted by Gasteiger charge is -2.31. The molecule has 1 amide bonds. The molecule has 0 aromatic heterocycles. The normalized spacial score (nSPS) is 15.0. The van der Waals surface area contributed by atoms with Crippen LogP contribution in [0.2, 0.25) is 0 Å². The van der Waals surface area contributed by atoms with Gasteiger partial charge in [-0.2, -0.15) is 0 Å². The van der Waals surface area contributed by atoms with Crippen LogP contribution in [-0.4, -0.2) is 48.1 Å². The standard InChI is InChI=1S/C26H28N4O7S/c1-4-37-26(33)23-20(13-38-14-28-24(31)16-8-10-18(27)11-9-16)29-15(2)21(25(32)36-3)22(23)17-6-5-7-19(12-17)30(34)35/h5-12,22,29H,4,13-14,27H2,1-3H3,(H,28,31). The Kier molecular flexibility index (Phi) is 9.49. The minimum Gasteiger partial charge on any atom is -0.466 e. The van der Waals surface area contributed by atoms with Crippen LogP contribution in [0, 0.1) is 10.1 Å². The number of anilines is 1. The number of carbonyl (C=O) groups excluding carboxylic acids is 3. The number of thioether (sulfide) groups is 1. The number of nitro groups is 1. The van der Waals surface area contributed by atoms with Crippen LogP contribution in [0.3, 0.4) is 0 Å². The molecule has 2 aromatic rings. The first-order valence-corrected chi connectivity index (χ1v) is 12.7. The number of ether oxygens (including phenoxy) is 2. The summed E-state index contributed by atoms with van der Waals surface area (Å²) in [6.07, 6.45) is 0. The number of carbonyl (C=O) groups is 3. The first kappa shape index (κ1) is 28.3. The minimum atomic E-state index is -0.970. The second-order valence-corrected chi connectivity index (χ2v) is 9.16. The molecule has 1 aliphatic rings. The highest BCUT2D eigenvalue weighted by atomic mass is 32.2. The summed E-state index contributed by atoms with van der Waals surface area (Å²) in [6.45, 7) is 3.39. The Morgan fingerprint density at radius 2 is 1.84 bits per heavy atom. The topological polar surface area (TPSA) is 163 Å². The van der Waals surface area contributed by atoms with E-state index in [0.717, 1.165) is 0 Å². The third-order valence-electron chi connectivity index (χ3n) is 5.71. The molecule has 1 aliphatic heterocycles. The monoisotopic (exact) mass is 540 g/mol. The molecule has 0 fully saturated rings. The number of nitrogens with two attached hydrogens (primary N) is 1. The molecule has 0 saturated carbocycles. The van der Waals surface area contributed by atoms with Crippen molar-refractivity contribution in [2.45, 2.75) is 19.8 Å². The number of esters is 2. The molecule has 0 bridgehead atoms. The molecule has 38 heavy (non-hydrogen) atoms. The predicted octanol–water partition coefficient (Wildman–Crippen LogP) is 3.25. The molecule has 0 saturated heterocycles. The van der Waals surface area contributed by atoms with Gasteiger partial charge in [0.15, 0.2) is 0 Å². The number of methoxy groups -OCH3 is 1. The van der Waals surface area contributed by atoms with Crippen LogP contribution in [0.4, 0.5) is 11.4 Å². The number of nitro benzene ring substituents is 1. The molecule has 1 atom stereocenters. The van der Waals surface area contributed by atoms with Crippen molar-refractivity contribution < 1.29 is 28.8 Å². The van der Waals surface area contributed by atoms with Crippen LogP contribution >= 0.6 is 11.8 Å². The van der Waals surface area contributed by atoms with Gasteiger partial charge in [0.05, 0.1) is 41.6 Å². The second-order valence-electron chi connectivity index (χ2n) is 8.17. The van der Waals surface area contributed by atoms with Crippen LogP contribution in [0.25, 0.3) is 0 Å². The van der Waals surface area contributed by atoms with Gasteiger partial charge in [0.25, 0.3) is 11.6 Å². The van der Waals surface area contributed by atoms with E-state index in [1.54, 1.807) is 44.2 Å². The fourth-order valence-corrected chi connectivity index (χ4v) is 4.77. The van der Waals surface area contributed by atoms with E-state index in [-0.39, 0.29) is 41.0 Å². The Morgan fingerprint density at radius 3 is 2.47 bits per heavy atom. The maximum Gasteiger partial charge on any atom is 0.336 e. The van der Waals surface area contributed by atoms with Crippen molar-refractivity contribution in [3.05, 3.63) is 92.3 Å². The zero-order chi connectivity index (χ0) is 27.8. The zero-order valence-corrected chi connectivity index (χ0v) is 21.9. The smallest absolute Gasteiger partial charge is 0.336 e. The predicted molar refractivity (Wildman–Crippen MR) is 143 cm³/mol. The first-order chi connectivity index (χ1) is 18.2. The Morgan fingerprint density at radius 1 is 1.13 bits per heavy atom. The minimum absolute atomic E-state index is 0.0817. The lowest BCUT2D eigenvalue weighted by Crippen LogP contribution is -2.34. The van der Waals surface area contributed by atoms with Gasteiger partial charge in [0.1, 0.15) is 0 Å². The Bertz CT molecular complexity index is 1300. The number of rotatable bonds is 10. The highest BCUT2D eigenvalue weighted by molar-refractivity contribution is 7.99. The third-order valence-corrected chi connectivity index (χ3v) is 6.56. The van der Waals surface area contributed by atoms with Gasteiger partial charge in [-0.05, 0) is 43.7 Å². The zero-order valence-electron chi connectivity index (χ0n) is 21.1. The van der Waals surface area contributed by atoms with Crippen molar-refractivity contribution in [3.8, 4) is 0 Å². The number of hydrogen-bond donors (Lipinski definition) is 3. The van der Waals surface area contributed by atoms with E-state index in [9.17, 15) is 24.5 Å². The van der Waals surface area contributed by atoms with Gasteiger partial charge in [-0.3, -0.25) is 14.9 Å². The number of non-ortho nitro benzene ring substituents is 1. The lowest BCUT2D eigenvalue weighted by atomic mass is 9.80. The molecule has 11 nitrogen and oxygen atoms in total. The SMILES string of the molecule is CCOC(=O)C1=C(CSCNC(=O)c2ccc(N)cc2)NC(C)=C(C(=O)OC)C1c1cccc([N+](=O)[O-])c1. The molecular formula is C26H28N4O7S. The van der Waals surface area contributed by atoms with Crippen molar-refractivity contribution in [1.82, 2.24) is 10.6 Å².